The second-order valence-electron chi connectivity index (χ2n) is 7.15. The van der Waals surface area contributed by atoms with E-state index in [0.29, 0.717) is 27.6 Å². The molecule has 0 radical (unpaired) electrons. The third-order valence-corrected chi connectivity index (χ3v) is 5.99. The lowest BCUT2D eigenvalue weighted by molar-refractivity contribution is -0.120. The summed E-state index contributed by atoms with van der Waals surface area (Å²) in [5.74, 6) is 0.438. The van der Waals surface area contributed by atoms with E-state index >= 15 is 0 Å². The number of nitrogens with one attached hydrogen (secondary N) is 1. The van der Waals surface area contributed by atoms with Crippen LogP contribution in [0.25, 0.3) is 10.9 Å². The van der Waals surface area contributed by atoms with Gasteiger partial charge in [0.2, 0.25) is 5.91 Å². The minimum absolute atomic E-state index is 0.149. The maximum atomic E-state index is 13.3. The van der Waals surface area contributed by atoms with Gasteiger partial charge in [-0.15, -0.1) is 0 Å². The van der Waals surface area contributed by atoms with E-state index in [1.54, 1.807) is 37.3 Å². The second kappa shape index (κ2) is 9.78. The molecule has 33 heavy (non-hydrogen) atoms. The molecule has 0 saturated heterocycles. The Labute approximate surface area is 192 Å². The molecule has 3 aromatic heterocycles. The number of aromatic nitrogens is 2. The number of thioether (sulfide) groups is 1. The van der Waals surface area contributed by atoms with Crippen molar-refractivity contribution in [3.8, 4) is 0 Å². The molecule has 0 fully saturated rings. The summed E-state index contributed by atoms with van der Waals surface area (Å²) in [6.45, 7) is 2.13. The van der Waals surface area contributed by atoms with E-state index in [-0.39, 0.29) is 30.1 Å². The highest BCUT2D eigenvalue weighted by molar-refractivity contribution is 8.00. The van der Waals surface area contributed by atoms with E-state index < -0.39 is 11.2 Å². The van der Waals surface area contributed by atoms with Crippen molar-refractivity contribution in [3.05, 3.63) is 82.4 Å². The Bertz CT molecular complexity index is 1330. The van der Waals surface area contributed by atoms with Crippen LogP contribution >= 0.6 is 11.8 Å². The van der Waals surface area contributed by atoms with Gasteiger partial charge in [0, 0.05) is 0 Å². The number of hydrogen-bond acceptors (Lipinski definition) is 8. The number of methoxy groups -OCH3 is 1. The Balaban J connectivity index is 1.67. The third kappa shape index (κ3) is 5.01. The van der Waals surface area contributed by atoms with Crippen molar-refractivity contribution >= 4 is 34.5 Å². The summed E-state index contributed by atoms with van der Waals surface area (Å²) in [6, 6.07) is 11.6. The molecule has 0 aliphatic heterocycles. The Morgan fingerprint density at radius 1 is 1.15 bits per heavy atom. The summed E-state index contributed by atoms with van der Waals surface area (Å²) in [5.41, 5.74) is 0.309. The largest absolute Gasteiger partial charge is 0.467 e. The average molecular weight is 468 g/mol. The van der Waals surface area contributed by atoms with E-state index in [9.17, 15) is 14.4 Å². The van der Waals surface area contributed by atoms with Crippen LogP contribution in [0.2, 0.25) is 0 Å². The fourth-order valence-electron chi connectivity index (χ4n) is 3.18. The van der Waals surface area contributed by atoms with Gasteiger partial charge in [-0.2, -0.15) is 0 Å². The predicted molar refractivity (Wildman–Crippen MR) is 121 cm³/mol. The van der Waals surface area contributed by atoms with Gasteiger partial charge in [-0.25, -0.2) is 9.78 Å². The topological polar surface area (TPSA) is 117 Å². The highest BCUT2D eigenvalue weighted by atomic mass is 32.2. The van der Waals surface area contributed by atoms with Crippen LogP contribution in [0, 0.1) is 0 Å². The number of ether oxygens (including phenoxy) is 1. The standard InChI is InChI=1S/C23H21N3O6S/c1-14(20(27)24-12-16-5-3-9-31-16)33-23-25-19-11-15(22(29)30-2)7-8-18(19)21(28)26(23)13-17-6-4-10-32-17/h3-11,14H,12-13H2,1-2H3,(H,24,27). The first-order valence-electron chi connectivity index (χ1n) is 10.1. The van der Waals surface area contributed by atoms with Crippen LogP contribution < -0.4 is 10.9 Å². The molecule has 0 bridgehead atoms. The molecule has 3 heterocycles. The first-order valence-corrected chi connectivity index (χ1v) is 11.0. The lowest BCUT2D eigenvalue weighted by atomic mass is 10.1. The van der Waals surface area contributed by atoms with Crippen LogP contribution in [-0.2, 0) is 22.6 Å². The fourth-order valence-corrected chi connectivity index (χ4v) is 4.11. The van der Waals surface area contributed by atoms with Gasteiger partial charge in [0.05, 0.1) is 54.4 Å². The highest BCUT2D eigenvalue weighted by Gasteiger charge is 2.21. The molecule has 0 aliphatic carbocycles. The van der Waals surface area contributed by atoms with Crippen molar-refractivity contribution in [2.24, 2.45) is 0 Å². The van der Waals surface area contributed by atoms with Gasteiger partial charge in [-0.3, -0.25) is 14.2 Å². The number of fused-ring (bicyclic) bond motifs is 1. The minimum atomic E-state index is -0.559. The molecule has 1 amide bonds. The molecule has 170 valence electrons. The van der Waals surface area contributed by atoms with E-state index in [2.05, 4.69) is 10.3 Å². The summed E-state index contributed by atoms with van der Waals surface area (Å²) in [5, 5.41) is 2.91. The van der Waals surface area contributed by atoms with E-state index in [4.69, 9.17) is 13.6 Å². The molecule has 1 atom stereocenters. The van der Waals surface area contributed by atoms with E-state index in [1.165, 1.54) is 36.3 Å². The average Bonchev–Trinajstić information content (AvgIpc) is 3.53. The number of carbonyl (C=O) groups excluding carboxylic acids is 2. The summed E-state index contributed by atoms with van der Waals surface area (Å²) in [7, 11) is 1.28. The number of benzene rings is 1. The van der Waals surface area contributed by atoms with Gasteiger partial charge in [0.25, 0.3) is 5.56 Å². The molecule has 9 nitrogen and oxygen atoms in total. The number of hydrogen-bond donors (Lipinski definition) is 1. The zero-order chi connectivity index (χ0) is 23.4. The molecular formula is C23H21N3O6S. The van der Waals surface area contributed by atoms with Gasteiger partial charge < -0.3 is 18.9 Å². The molecule has 0 saturated carbocycles. The number of rotatable bonds is 8. The number of esters is 1. The van der Waals surface area contributed by atoms with Crippen LogP contribution in [0.15, 0.2) is 73.8 Å². The van der Waals surface area contributed by atoms with Crippen molar-refractivity contribution in [2.45, 2.75) is 30.4 Å². The van der Waals surface area contributed by atoms with Gasteiger partial charge in [-0.1, -0.05) is 11.8 Å². The summed E-state index contributed by atoms with van der Waals surface area (Å²) < 4.78 is 16.9. The zero-order valence-corrected chi connectivity index (χ0v) is 18.8. The molecule has 4 aromatic rings. The SMILES string of the molecule is COC(=O)c1ccc2c(=O)n(Cc3ccco3)c(SC(C)C(=O)NCc3ccco3)nc2c1. The molecular weight excluding hydrogens is 446 g/mol. The number of furan rings is 2. The van der Waals surface area contributed by atoms with Crippen LogP contribution in [0.5, 0.6) is 0 Å². The summed E-state index contributed by atoms with van der Waals surface area (Å²) in [6.07, 6.45) is 3.06. The Morgan fingerprint density at radius 3 is 2.55 bits per heavy atom. The summed E-state index contributed by atoms with van der Waals surface area (Å²) in [4.78, 5) is 42.5. The Hall–Kier alpha value is -3.79. The first kappa shape index (κ1) is 22.4. The number of carbonyl (C=O) groups is 2. The van der Waals surface area contributed by atoms with Gasteiger partial charge in [0.15, 0.2) is 5.16 Å². The van der Waals surface area contributed by atoms with Gasteiger partial charge in [-0.05, 0) is 49.4 Å². The normalized spacial score (nSPS) is 11.9. The minimum Gasteiger partial charge on any atom is -0.467 e. The van der Waals surface area contributed by atoms with Crippen molar-refractivity contribution in [3.63, 3.8) is 0 Å². The summed E-state index contributed by atoms with van der Waals surface area (Å²) >= 11 is 1.14. The number of nitrogens with zero attached hydrogens (tertiary/aromatic N) is 2. The van der Waals surface area contributed by atoms with Crippen molar-refractivity contribution in [1.29, 1.82) is 0 Å². The van der Waals surface area contributed by atoms with Crippen molar-refractivity contribution in [2.75, 3.05) is 7.11 Å². The quantitative estimate of drug-likeness (QED) is 0.239. The van der Waals surface area contributed by atoms with Crippen LogP contribution in [0.3, 0.4) is 0 Å². The Kier molecular flexibility index (Phi) is 6.64. The van der Waals surface area contributed by atoms with Crippen molar-refractivity contribution < 1.29 is 23.2 Å². The molecule has 0 aliphatic rings. The molecule has 1 aromatic carbocycles. The monoisotopic (exact) mass is 467 g/mol. The molecule has 10 heteroatoms. The van der Waals surface area contributed by atoms with Crippen molar-refractivity contribution in [1.82, 2.24) is 14.9 Å². The molecule has 1 N–H and O–H groups in total. The van der Waals surface area contributed by atoms with Crippen LogP contribution in [0.1, 0.15) is 28.8 Å². The van der Waals surface area contributed by atoms with Gasteiger partial charge >= 0.3 is 5.97 Å². The van der Waals surface area contributed by atoms with E-state index in [1.807, 2.05) is 0 Å². The zero-order valence-electron chi connectivity index (χ0n) is 17.9. The Morgan fingerprint density at radius 2 is 1.88 bits per heavy atom. The van der Waals surface area contributed by atoms with Gasteiger partial charge in [0.1, 0.15) is 11.5 Å². The fraction of sp³-hybridized carbons (Fsp3) is 0.217. The van der Waals surface area contributed by atoms with Crippen LogP contribution in [-0.4, -0.2) is 33.8 Å². The lowest BCUT2D eigenvalue weighted by Crippen LogP contribution is -2.31. The first-order chi connectivity index (χ1) is 16.0. The van der Waals surface area contributed by atoms with E-state index in [0.717, 1.165) is 11.8 Å². The molecule has 0 spiro atoms. The third-order valence-electron chi connectivity index (χ3n) is 4.90. The van der Waals surface area contributed by atoms with Crippen LogP contribution in [0.4, 0.5) is 0 Å². The highest BCUT2D eigenvalue weighted by Crippen LogP contribution is 2.24. The second-order valence-corrected chi connectivity index (χ2v) is 8.45. The lowest BCUT2D eigenvalue weighted by Gasteiger charge is -2.16. The maximum Gasteiger partial charge on any atom is 0.337 e. The molecule has 1 unspecified atom stereocenters. The predicted octanol–water partition coefficient (Wildman–Crippen LogP) is 3.21. The maximum absolute atomic E-state index is 13.3. The smallest absolute Gasteiger partial charge is 0.337 e. The number of amides is 1. The molecule has 4 rings (SSSR count).